The molecule has 0 radical (unpaired) electrons. The van der Waals surface area contributed by atoms with E-state index in [1.54, 1.807) is 0 Å². The Kier molecular flexibility index (Phi) is 7.62. The Morgan fingerprint density at radius 1 is 1.11 bits per heavy atom. The van der Waals surface area contributed by atoms with Crippen molar-refractivity contribution in [3.8, 4) is 0 Å². The number of halogens is 2. The largest absolute Gasteiger partial charge is 0.338 e. The van der Waals surface area contributed by atoms with Crippen LogP contribution >= 0.6 is 12.4 Å². The van der Waals surface area contributed by atoms with Crippen LogP contribution < -0.4 is 5.73 Å². The third kappa shape index (κ3) is 4.80. The highest BCUT2D eigenvalue weighted by molar-refractivity contribution is 7.89. The number of nitrogens with zero attached hydrogens (tertiary/aromatic N) is 2. The van der Waals surface area contributed by atoms with Crippen molar-refractivity contribution in [2.75, 3.05) is 26.2 Å². The Hall–Kier alpha value is -1.22. The number of amides is 1. The van der Waals surface area contributed by atoms with E-state index in [4.69, 9.17) is 5.73 Å². The van der Waals surface area contributed by atoms with E-state index in [1.165, 1.54) is 16.4 Å². The van der Waals surface area contributed by atoms with Gasteiger partial charge in [-0.25, -0.2) is 12.8 Å². The molecule has 6 nitrogen and oxygen atoms in total. The maximum Gasteiger partial charge on any atom is 0.243 e. The maximum atomic E-state index is 13.1. The van der Waals surface area contributed by atoms with Crippen molar-refractivity contribution in [3.63, 3.8) is 0 Å². The number of likely N-dealkylation sites (tertiary alicyclic amines) is 1. The molecule has 0 saturated carbocycles. The lowest BCUT2D eigenvalue weighted by molar-refractivity contribution is -0.140. The van der Waals surface area contributed by atoms with Gasteiger partial charge >= 0.3 is 0 Å². The Bertz CT molecular complexity index is 745. The molecule has 1 amide bonds. The lowest BCUT2D eigenvalue weighted by atomic mass is 9.94. The van der Waals surface area contributed by atoms with Crippen LogP contribution in [-0.2, 0) is 14.8 Å². The minimum absolute atomic E-state index is 0. The molecule has 2 fully saturated rings. The number of carbonyl (C=O) groups excluding carboxylic acids is 1. The molecule has 27 heavy (non-hydrogen) atoms. The fraction of sp³-hybridized carbons (Fsp3) is 0.611. The van der Waals surface area contributed by atoms with Gasteiger partial charge in [-0.15, -0.1) is 12.4 Å². The number of hydrogen-bond acceptors (Lipinski definition) is 4. The number of benzene rings is 1. The summed E-state index contributed by atoms with van der Waals surface area (Å²) in [6, 6.07) is 4.87. The van der Waals surface area contributed by atoms with Crippen LogP contribution in [0.15, 0.2) is 29.2 Å². The summed E-state index contributed by atoms with van der Waals surface area (Å²) in [5, 5.41) is 0. The molecule has 2 heterocycles. The van der Waals surface area contributed by atoms with Crippen LogP contribution in [0, 0.1) is 11.7 Å². The third-order valence-electron chi connectivity index (χ3n) is 5.37. The number of nitrogens with two attached hydrogens (primary N) is 1. The van der Waals surface area contributed by atoms with Gasteiger partial charge in [0.25, 0.3) is 0 Å². The molecule has 1 aromatic carbocycles. The van der Waals surface area contributed by atoms with Crippen LogP contribution in [0.25, 0.3) is 0 Å². The van der Waals surface area contributed by atoms with Crippen molar-refractivity contribution in [2.24, 2.45) is 11.7 Å². The zero-order valence-electron chi connectivity index (χ0n) is 15.2. The Morgan fingerprint density at radius 2 is 1.81 bits per heavy atom. The van der Waals surface area contributed by atoms with Gasteiger partial charge in [-0.2, -0.15) is 4.31 Å². The molecule has 0 bridgehead atoms. The SMILES string of the molecule is Cl.NCC1CCCCN1C(=O)C1CCCN(S(=O)(=O)c2ccc(F)cc2)C1. The highest BCUT2D eigenvalue weighted by Crippen LogP contribution is 2.27. The molecule has 0 spiro atoms. The van der Waals surface area contributed by atoms with E-state index in [1.807, 2.05) is 4.90 Å². The van der Waals surface area contributed by atoms with Crippen molar-refractivity contribution in [1.82, 2.24) is 9.21 Å². The summed E-state index contributed by atoms with van der Waals surface area (Å²) in [6.07, 6.45) is 4.26. The van der Waals surface area contributed by atoms with Gasteiger partial charge in [-0.1, -0.05) is 0 Å². The predicted molar refractivity (Wildman–Crippen MR) is 104 cm³/mol. The van der Waals surface area contributed by atoms with E-state index in [2.05, 4.69) is 0 Å². The van der Waals surface area contributed by atoms with Gasteiger partial charge < -0.3 is 10.6 Å². The molecular formula is C18H27ClFN3O3S. The summed E-state index contributed by atoms with van der Waals surface area (Å²) >= 11 is 0. The molecule has 2 N–H and O–H groups in total. The standard InChI is InChI=1S/C18H26FN3O3S.ClH/c19-15-6-8-17(9-7-15)26(24,25)21-10-3-4-14(13-21)18(23)22-11-2-1-5-16(22)12-20;/h6-9,14,16H,1-5,10-13,20H2;1H. The molecule has 1 aromatic rings. The summed E-state index contributed by atoms with van der Waals surface area (Å²) in [5.41, 5.74) is 5.81. The fourth-order valence-electron chi connectivity index (χ4n) is 3.89. The van der Waals surface area contributed by atoms with E-state index in [9.17, 15) is 17.6 Å². The smallest absolute Gasteiger partial charge is 0.243 e. The second kappa shape index (κ2) is 9.32. The minimum Gasteiger partial charge on any atom is -0.338 e. The zero-order valence-corrected chi connectivity index (χ0v) is 16.9. The van der Waals surface area contributed by atoms with Gasteiger partial charge in [-0.05, 0) is 56.4 Å². The second-order valence-corrected chi connectivity index (χ2v) is 9.01. The molecule has 0 aromatic heterocycles. The topological polar surface area (TPSA) is 83.7 Å². The first-order valence-electron chi connectivity index (χ1n) is 9.19. The zero-order chi connectivity index (χ0) is 18.7. The summed E-state index contributed by atoms with van der Waals surface area (Å²) in [5.74, 6) is -0.807. The van der Waals surface area contributed by atoms with Crippen LogP contribution in [0.1, 0.15) is 32.1 Å². The second-order valence-electron chi connectivity index (χ2n) is 7.07. The van der Waals surface area contributed by atoms with E-state index < -0.39 is 15.8 Å². The fourth-order valence-corrected chi connectivity index (χ4v) is 5.41. The number of hydrogen-bond donors (Lipinski definition) is 1. The van der Waals surface area contributed by atoms with Crippen LogP contribution in [0.3, 0.4) is 0 Å². The Morgan fingerprint density at radius 3 is 2.48 bits per heavy atom. The van der Waals surface area contributed by atoms with Crippen molar-refractivity contribution >= 4 is 28.3 Å². The summed E-state index contributed by atoms with van der Waals surface area (Å²) < 4.78 is 40.1. The molecule has 9 heteroatoms. The van der Waals surface area contributed by atoms with Crippen LogP contribution in [0.5, 0.6) is 0 Å². The van der Waals surface area contributed by atoms with Gasteiger partial charge in [0.05, 0.1) is 10.8 Å². The first-order chi connectivity index (χ1) is 12.4. The number of rotatable bonds is 4. The van der Waals surface area contributed by atoms with Gasteiger partial charge in [0.2, 0.25) is 15.9 Å². The molecular weight excluding hydrogens is 393 g/mol. The summed E-state index contributed by atoms with van der Waals surface area (Å²) in [7, 11) is -3.72. The summed E-state index contributed by atoms with van der Waals surface area (Å²) in [4.78, 5) is 14.9. The number of carbonyl (C=O) groups is 1. The molecule has 2 aliphatic heterocycles. The molecule has 3 rings (SSSR count). The van der Waals surface area contributed by atoms with E-state index >= 15 is 0 Å². The number of piperidine rings is 2. The molecule has 2 saturated heterocycles. The van der Waals surface area contributed by atoms with Gasteiger partial charge in [0, 0.05) is 32.2 Å². The van der Waals surface area contributed by atoms with Crippen LogP contribution in [0.4, 0.5) is 4.39 Å². The maximum absolute atomic E-state index is 13.1. The van der Waals surface area contributed by atoms with E-state index in [-0.39, 0.29) is 41.7 Å². The van der Waals surface area contributed by atoms with Gasteiger partial charge in [-0.3, -0.25) is 4.79 Å². The molecule has 152 valence electrons. The first-order valence-corrected chi connectivity index (χ1v) is 10.6. The lowest BCUT2D eigenvalue weighted by Crippen LogP contribution is -2.52. The third-order valence-corrected chi connectivity index (χ3v) is 7.25. The molecule has 2 aliphatic rings. The van der Waals surface area contributed by atoms with Crippen molar-refractivity contribution in [2.45, 2.75) is 43.0 Å². The van der Waals surface area contributed by atoms with Gasteiger partial charge in [0.15, 0.2) is 0 Å². The highest BCUT2D eigenvalue weighted by atomic mass is 35.5. The van der Waals surface area contributed by atoms with E-state index in [0.29, 0.717) is 32.5 Å². The van der Waals surface area contributed by atoms with Gasteiger partial charge in [0.1, 0.15) is 5.82 Å². The molecule has 2 unspecified atom stereocenters. The van der Waals surface area contributed by atoms with E-state index in [0.717, 1.165) is 31.4 Å². The minimum atomic E-state index is -3.72. The quantitative estimate of drug-likeness (QED) is 0.808. The van der Waals surface area contributed by atoms with Crippen molar-refractivity contribution in [3.05, 3.63) is 30.1 Å². The van der Waals surface area contributed by atoms with Crippen LogP contribution in [-0.4, -0.2) is 55.8 Å². The Labute approximate surface area is 166 Å². The van der Waals surface area contributed by atoms with Crippen LogP contribution in [0.2, 0.25) is 0 Å². The average Bonchev–Trinajstić information content (AvgIpc) is 2.68. The monoisotopic (exact) mass is 419 g/mol. The normalized spacial score (nSPS) is 24.3. The number of sulfonamides is 1. The first kappa shape index (κ1) is 22.1. The highest BCUT2D eigenvalue weighted by Gasteiger charge is 2.37. The molecule has 2 atom stereocenters. The summed E-state index contributed by atoms with van der Waals surface area (Å²) in [6.45, 7) is 1.69. The molecule has 0 aliphatic carbocycles. The van der Waals surface area contributed by atoms with Crippen molar-refractivity contribution in [1.29, 1.82) is 0 Å². The Balaban J connectivity index is 0.00000261. The lowest BCUT2D eigenvalue weighted by Gasteiger charge is -2.39. The predicted octanol–water partition coefficient (Wildman–Crippen LogP) is 1.99. The van der Waals surface area contributed by atoms with Crippen molar-refractivity contribution < 1.29 is 17.6 Å². The average molecular weight is 420 g/mol.